The van der Waals surface area contributed by atoms with Crippen molar-refractivity contribution in [1.82, 2.24) is 0 Å². The molecule has 0 amide bonds. The molecule has 2 aliphatic rings. The molecule has 1 fully saturated rings. The summed E-state index contributed by atoms with van der Waals surface area (Å²) < 4.78 is 0. The van der Waals surface area contributed by atoms with Crippen LogP contribution in [-0.2, 0) is 12.0 Å². The number of rotatable bonds is 3. The molecule has 2 nitrogen and oxygen atoms in total. The third-order valence-corrected chi connectivity index (χ3v) is 3.92. The Kier molecular flexibility index (Phi) is 2.44. The SMILES string of the molecule is CC(C)(O)c1cccc2c1N(CC1CC1)CC2. The lowest BCUT2D eigenvalue weighted by atomic mass is 9.94. The Labute approximate surface area is 103 Å². The van der Waals surface area contributed by atoms with Crippen molar-refractivity contribution in [2.24, 2.45) is 5.92 Å². The fraction of sp³-hybridized carbons (Fsp3) is 0.600. The van der Waals surface area contributed by atoms with Crippen LogP contribution in [0.3, 0.4) is 0 Å². The average Bonchev–Trinajstić information content (AvgIpc) is 2.97. The number of para-hydroxylation sites is 1. The molecular formula is C15H21NO. The van der Waals surface area contributed by atoms with Crippen LogP contribution in [0.2, 0.25) is 0 Å². The van der Waals surface area contributed by atoms with E-state index in [1.807, 2.05) is 13.8 Å². The zero-order valence-corrected chi connectivity index (χ0v) is 10.7. The lowest BCUT2D eigenvalue weighted by Crippen LogP contribution is -2.27. The zero-order valence-electron chi connectivity index (χ0n) is 10.7. The van der Waals surface area contributed by atoms with E-state index in [-0.39, 0.29) is 0 Å². The molecule has 1 aliphatic carbocycles. The van der Waals surface area contributed by atoms with Gasteiger partial charge in [0.25, 0.3) is 0 Å². The van der Waals surface area contributed by atoms with Crippen LogP contribution in [0.1, 0.15) is 37.8 Å². The molecule has 92 valence electrons. The van der Waals surface area contributed by atoms with Crippen molar-refractivity contribution in [2.45, 2.75) is 38.7 Å². The summed E-state index contributed by atoms with van der Waals surface area (Å²) in [7, 11) is 0. The molecule has 0 saturated heterocycles. The summed E-state index contributed by atoms with van der Waals surface area (Å²) in [6.07, 6.45) is 3.90. The van der Waals surface area contributed by atoms with Gasteiger partial charge >= 0.3 is 0 Å². The van der Waals surface area contributed by atoms with Crippen LogP contribution >= 0.6 is 0 Å². The van der Waals surface area contributed by atoms with Crippen molar-refractivity contribution in [1.29, 1.82) is 0 Å². The number of hydrogen-bond donors (Lipinski definition) is 1. The molecule has 1 aliphatic heterocycles. The quantitative estimate of drug-likeness (QED) is 0.864. The van der Waals surface area contributed by atoms with Gasteiger partial charge in [0, 0.05) is 24.3 Å². The number of aliphatic hydroxyl groups is 1. The van der Waals surface area contributed by atoms with Gasteiger partial charge in [0.05, 0.1) is 5.60 Å². The topological polar surface area (TPSA) is 23.5 Å². The molecule has 17 heavy (non-hydrogen) atoms. The minimum atomic E-state index is -0.739. The molecule has 0 atom stereocenters. The highest BCUT2D eigenvalue weighted by molar-refractivity contribution is 5.65. The van der Waals surface area contributed by atoms with Gasteiger partial charge < -0.3 is 10.0 Å². The smallest absolute Gasteiger partial charge is 0.0860 e. The normalized spacial score (nSPS) is 19.6. The predicted octanol–water partition coefficient (Wildman–Crippen LogP) is 2.69. The number of benzene rings is 1. The van der Waals surface area contributed by atoms with Crippen molar-refractivity contribution >= 4 is 5.69 Å². The molecule has 1 aromatic carbocycles. The van der Waals surface area contributed by atoms with E-state index in [0.29, 0.717) is 0 Å². The van der Waals surface area contributed by atoms with Crippen LogP contribution in [0.15, 0.2) is 18.2 Å². The van der Waals surface area contributed by atoms with Crippen LogP contribution in [-0.4, -0.2) is 18.2 Å². The Balaban J connectivity index is 1.98. The van der Waals surface area contributed by atoms with E-state index < -0.39 is 5.60 Å². The third-order valence-electron chi connectivity index (χ3n) is 3.92. The molecule has 0 radical (unpaired) electrons. The molecule has 2 heteroatoms. The summed E-state index contributed by atoms with van der Waals surface area (Å²) >= 11 is 0. The van der Waals surface area contributed by atoms with Gasteiger partial charge in [0.15, 0.2) is 0 Å². The van der Waals surface area contributed by atoms with Crippen molar-refractivity contribution in [2.75, 3.05) is 18.0 Å². The second kappa shape index (κ2) is 3.74. The van der Waals surface area contributed by atoms with Gasteiger partial charge in [-0.15, -0.1) is 0 Å². The predicted molar refractivity (Wildman–Crippen MR) is 70.3 cm³/mol. The van der Waals surface area contributed by atoms with Crippen molar-refractivity contribution in [3.8, 4) is 0 Å². The van der Waals surface area contributed by atoms with E-state index in [1.165, 1.54) is 30.6 Å². The molecular weight excluding hydrogens is 210 g/mol. The average molecular weight is 231 g/mol. The number of nitrogens with zero attached hydrogens (tertiary/aromatic N) is 1. The van der Waals surface area contributed by atoms with E-state index in [4.69, 9.17) is 0 Å². The molecule has 1 N–H and O–H groups in total. The fourth-order valence-corrected chi connectivity index (χ4v) is 2.82. The van der Waals surface area contributed by atoms with Crippen molar-refractivity contribution in [3.63, 3.8) is 0 Å². The lowest BCUT2D eigenvalue weighted by Gasteiger charge is -2.27. The van der Waals surface area contributed by atoms with Gasteiger partial charge in [-0.2, -0.15) is 0 Å². The first kappa shape index (κ1) is 11.1. The standard InChI is InChI=1S/C15H21NO/c1-15(2,17)13-5-3-4-12-8-9-16(14(12)13)10-11-6-7-11/h3-5,11,17H,6-10H2,1-2H3. The molecule has 1 saturated carbocycles. The summed E-state index contributed by atoms with van der Waals surface area (Å²) in [5.41, 5.74) is 3.07. The maximum atomic E-state index is 10.3. The van der Waals surface area contributed by atoms with E-state index in [1.54, 1.807) is 0 Å². The van der Waals surface area contributed by atoms with Crippen molar-refractivity contribution in [3.05, 3.63) is 29.3 Å². The summed E-state index contributed by atoms with van der Waals surface area (Å²) in [6, 6.07) is 6.36. The molecule has 1 aromatic rings. The molecule has 3 rings (SSSR count). The molecule has 0 bridgehead atoms. The van der Waals surface area contributed by atoms with Gasteiger partial charge in [0.1, 0.15) is 0 Å². The largest absolute Gasteiger partial charge is 0.386 e. The summed E-state index contributed by atoms with van der Waals surface area (Å²) in [5.74, 6) is 0.899. The second-order valence-electron chi connectivity index (χ2n) is 6.01. The Morgan fingerprint density at radius 2 is 2.12 bits per heavy atom. The Morgan fingerprint density at radius 3 is 2.76 bits per heavy atom. The minimum Gasteiger partial charge on any atom is -0.386 e. The molecule has 0 spiro atoms. The maximum Gasteiger partial charge on any atom is 0.0860 e. The van der Waals surface area contributed by atoms with Gasteiger partial charge in [-0.1, -0.05) is 18.2 Å². The van der Waals surface area contributed by atoms with Gasteiger partial charge in [-0.3, -0.25) is 0 Å². The number of hydrogen-bond acceptors (Lipinski definition) is 2. The van der Waals surface area contributed by atoms with Crippen LogP contribution in [0.4, 0.5) is 5.69 Å². The van der Waals surface area contributed by atoms with Crippen LogP contribution in [0.5, 0.6) is 0 Å². The van der Waals surface area contributed by atoms with E-state index in [2.05, 4.69) is 23.1 Å². The van der Waals surface area contributed by atoms with Crippen LogP contribution in [0, 0.1) is 5.92 Å². The molecule has 0 unspecified atom stereocenters. The minimum absolute atomic E-state index is 0.739. The summed E-state index contributed by atoms with van der Waals surface area (Å²) in [5, 5.41) is 10.3. The lowest BCUT2D eigenvalue weighted by molar-refractivity contribution is 0.0791. The van der Waals surface area contributed by atoms with E-state index in [9.17, 15) is 5.11 Å². The highest BCUT2D eigenvalue weighted by atomic mass is 16.3. The van der Waals surface area contributed by atoms with E-state index >= 15 is 0 Å². The number of anilines is 1. The fourth-order valence-electron chi connectivity index (χ4n) is 2.82. The first-order valence-electron chi connectivity index (χ1n) is 6.65. The highest BCUT2D eigenvalue weighted by Crippen LogP contribution is 2.40. The Bertz CT molecular complexity index is 429. The monoisotopic (exact) mass is 231 g/mol. The van der Waals surface area contributed by atoms with Gasteiger partial charge in [0.2, 0.25) is 0 Å². The van der Waals surface area contributed by atoms with Gasteiger partial charge in [-0.25, -0.2) is 0 Å². The number of fused-ring (bicyclic) bond motifs is 1. The Morgan fingerprint density at radius 1 is 1.35 bits per heavy atom. The zero-order chi connectivity index (χ0) is 12.0. The highest BCUT2D eigenvalue weighted by Gasteiger charge is 2.32. The third kappa shape index (κ3) is 2.06. The second-order valence-corrected chi connectivity index (χ2v) is 6.01. The summed E-state index contributed by atoms with van der Waals surface area (Å²) in [6.45, 7) is 6.07. The summed E-state index contributed by atoms with van der Waals surface area (Å²) in [4.78, 5) is 2.49. The molecule has 0 aromatic heterocycles. The van der Waals surface area contributed by atoms with Gasteiger partial charge in [-0.05, 0) is 44.6 Å². The Hall–Kier alpha value is -1.02. The molecule has 1 heterocycles. The van der Waals surface area contributed by atoms with Crippen LogP contribution < -0.4 is 4.90 Å². The first-order valence-corrected chi connectivity index (χ1v) is 6.65. The van der Waals surface area contributed by atoms with E-state index in [0.717, 1.165) is 24.4 Å². The van der Waals surface area contributed by atoms with Crippen molar-refractivity contribution < 1.29 is 5.11 Å². The first-order chi connectivity index (χ1) is 8.05. The van der Waals surface area contributed by atoms with Crippen LogP contribution in [0.25, 0.3) is 0 Å². The maximum absolute atomic E-state index is 10.3.